The Morgan fingerprint density at radius 1 is 1.33 bits per heavy atom. The van der Waals surface area contributed by atoms with E-state index in [4.69, 9.17) is 20.6 Å². The zero-order valence-electron chi connectivity index (χ0n) is 21.5. The molecule has 1 saturated heterocycles. The van der Waals surface area contributed by atoms with E-state index in [0.29, 0.717) is 5.92 Å². The van der Waals surface area contributed by atoms with E-state index in [-0.39, 0.29) is 48.9 Å². The highest BCUT2D eigenvalue weighted by molar-refractivity contribution is 6.00. The number of hydrogen-bond acceptors (Lipinski definition) is 10. The Morgan fingerprint density at radius 3 is 2.67 bits per heavy atom. The topological polar surface area (TPSA) is 155 Å². The molecule has 3 saturated carbocycles. The molecule has 2 bridgehead atoms. The predicted octanol–water partition coefficient (Wildman–Crippen LogP) is 1.50. The first kappa shape index (κ1) is 27.0. The molecule has 2 N–H and O–H groups in total. The van der Waals surface area contributed by atoms with Crippen LogP contribution in [-0.4, -0.2) is 74.0 Å². The Labute approximate surface area is 223 Å². The summed E-state index contributed by atoms with van der Waals surface area (Å²) in [5.41, 5.74) is -2.19. The minimum absolute atomic E-state index is 0.0304. The van der Waals surface area contributed by atoms with Gasteiger partial charge in [-0.2, -0.15) is 14.4 Å². The maximum atomic E-state index is 14.3. The van der Waals surface area contributed by atoms with Gasteiger partial charge in [-0.3, -0.25) is 14.4 Å². The van der Waals surface area contributed by atoms with Gasteiger partial charge in [0.15, 0.2) is 28.7 Å². The van der Waals surface area contributed by atoms with Gasteiger partial charge in [0.1, 0.15) is 12.7 Å². The van der Waals surface area contributed by atoms with Gasteiger partial charge >= 0.3 is 18.0 Å². The lowest BCUT2D eigenvalue weighted by Gasteiger charge is -2.44. The van der Waals surface area contributed by atoms with Crippen molar-refractivity contribution in [1.82, 2.24) is 19.5 Å². The molecule has 3 heterocycles. The molecule has 3 atom stereocenters. The first-order chi connectivity index (χ1) is 18.7. The van der Waals surface area contributed by atoms with E-state index in [2.05, 4.69) is 26.2 Å². The molecule has 13 heteroatoms. The maximum Gasteiger partial charge on any atom is 0.312 e. The summed E-state index contributed by atoms with van der Waals surface area (Å²) in [5.74, 6) is 1.37. The number of nitrogens with zero attached hydrogens (tertiary/aromatic N) is 4. The number of aliphatic hydroxyl groups is 1. The summed E-state index contributed by atoms with van der Waals surface area (Å²) in [6.45, 7) is -0.619. The van der Waals surface area contributed by atoms with Crippen molar-refractivity contribution in [2.75, 3.05) is 19.0 Å². The van der Waals surface area contributed by atoms with Gasteiger partial charge in [-0.1, -0.05) is 5.92 Å². The first-order valence-electron chi connectivity index (χ1n) is 13.0. The van der Waals surface area contributed by atoms with Crippen LogP contribution in [0.5, 0.6) is 0 Å². The van der Waals surface area contributed by atoms with E-state index in [0.717, 1.165) is 38.5 Å². The van der Waals surface area contributed by atoms with Gasteiger partial charge in [0, 0.05) is 20.0 Å². The van der Waals surface area contributed by atoms with Gasteiger partial charge in [0.2, 0.25) is 0 Å². The zero-order valence-corrected chi connectivity index (χ0v) is 21.5. The molecule has 0 spiro atoms. The summed E-state index contributed by atoms with van der Waals surface area (Å²) < 4.78 is 31.7. The van der Waals surface area contributed by atoms with E-state index in [9.17, 15) is 23.9 Å². The third kappa shape index (κ3) is 5.06. The molecule has 2 aromatic rings. The van der Waals surface area contributed by atoms with Gasteiger partial charge in [-0.25, -0.2) is 4.98 Å². The van der Waals surface area contributed by atoms with Crippen LogP contribution in [0.3, 0.4) is 0 Å². The van der Waals surface area contributed by atoms with Crippen molar-refractivity contribution >= 4 is 34.8 Å². The fourth-order valence-electron chi connectivity index (χ4n) is 5.75. The fourth-order valence-corrected chi connectivity index (χ4v) is 5.75. The lowest BCUT2D eigenvalue weighted by atomic mass is 9.61. The number of aromatic nitrogens is 4. The lowest BCUT2D eigenvalue weighted by Crippen LogP contribution is -2.51. The highest BCUT2D eigenvalue weighted by Gasteiger charge is 2.48. The standard InChI is InChI=1S/C26H30FN5O7/c1-3-26(37-2,13-38-23(36)25-9-6-15(7-10-25)8-11-25)17(33)12-32-14-28-19-20(30-24(27)31-21(19)32)29-22(35)16-4-5-18(34)39-16/h1,14-17,33H,4-13H2,2H3,(H,29,30,31,35)/t15?,16-,17+,25?,26?/m1/s1. The number of aliphatic hydroxyl groups excluding tert-OH is 1. The van der Waals surface area contributed by atoms with Crippen LogP contribution < -0.4 is 5.32 Å². The van der Waals surface area contributed by atoms with Crippen molar-refractivity contribution < 1.29 is 38.1 Å². The minimum Gasteiger partial charge on any atom is -0.461 e. The number of imidazole rings is 1. The Hall–Kier alpha value is -3.63. The van der Waals surface area contributed by atoms with E-state index >= 15 is 0 Å². The Morgan fingerprint density at radius 2 is 2.05 bits per heavy atom. The molecule has 3 aliphatic carbocycles. The van der Waals surface area contributed by atoms with Gasteiger partial charge < -0.3 is 29.2 Å². The van der Waals surface area contributed by atoms with Crippen molar-refractivity contribution in [3.8, 4) is 12.3 Å². The highest BCUT2D eigenvalue weighted by Crippen LogP contribution is 2.51. The normalized spacial score (nSPS) is 26.5. The number of carbonyl (C=O) groups excluding carboxylic acids is 3. The zero-order chi connectivity index (χ0) is 27.8. The number of amides is 1. The second kappa shape index (κ2) is 10.5. The van der Waals surface area contributed by atoms with E-state index in [1.807, 2.05) is 0 Å². The summed E-state index contributed by atoms with van der Waals surface area (Å²) in [4.78, 5) is 48.4. The summed E-state index contributed by atoms with van der Waals surface area (Å²) in [6, 6.07) is 0. The molecule has 4 aliphatic rings. The molecular weight excluding hydrogens is 513 g/mol. The minimum atomic E-state index is -1.69. The van der Waals surface area contributed by atoms with Gasteiger partial charge in [-0.05, 0) is 44.4 Å². The molecule has 208 valence electrons. The monoisotopic (exact) mass is 543 g/mol. The van der Waals surface area contributed by atoms with Crippen molar-refractivity contribution in [1.29, 1.82) is 0 Å². The van der Waals surface area contributed by atoms with Gasteiger partial charge in [0.25, 0.3) is 5.91 Å². The molecule has 4 fully saturated rings. The number of fused-ring (bicyclic) bond motifs is 4. The molecule has 12 nitrogen and oxygen atoms in total. The summed E-state index contributed by atoms with van der Waals surface area (Å²) in [6.07, 6.45) is 9.10. The number of hydrogen-bond donors (Lipinski definition) is 2. The third-order valence-electron chi connectivity index (χ3n) is 8.32. The number of methoxy groups -OCH3 is 1. The summed E-state index contributed by atoms with van der Waals surface area (Å²) in [5, 5.41) is 13.6. The molecule has 1 unspecified atom stereocenters. The van der Waals surface area contributed by atoms with Crippen molar-refractivity contribution in [3.05, 3.63) is 12.4 Å². The smallest absolute Gasteiger partial charge is 0.312 e. The van der Waals surface area contributed by atoms with Crippen LogP contribution >= 0.6 is 0 Å². The van der Waals surface area contributed by atoms with E-state index < -0.39 is 41.2 Å². The van der Waals surface area contributed by atoms with Crippen molar-refractivity contribution in [2.45, 2.75) is 75.7 Å². The quantitative estimate of drug-likeness (QED) is 0.270. The first-order valence-corrected chi connectivity index (χ1v) is 13.0. The Bertz CT molecular complexity index is 1320. The number of esters is 2. The summed E-state index contributed by atoms with van der Waals surface area (Å²) in [7, 11) is 1.30. The predicted molar refractivity (Wildman–Crippen MR) is 132 cm³/mol. The van der Waals surface area contributed by atoms with Crippen LogP contribution in [0.15, 0.2) is 6.33 Å². The molecule has 2 aromatic heterocycles. The van der Waals surface area contributed by atoms with Crippen LogP contribution in [0.2, 0.25) is 0 Å². The van der Waals surface area contributed by atoms with Crippen LogP contribution in [-0.2, 0) is 35.1 Å². The molecule has 6 rings (SSSR count). The van der Waals surface area contributed by atoms with E-state index in [1.165, 1.54) is 18.0 Å². The number of halogens is 1. The van der Waals surface area contributed by atoms with Crippen LogP contribution in [0.4, 0.5) is 10.2 Å². The average Bonchev–Trinajstić information content (AvgIpc) is 3.56. The van der Waals surface area contributed by atoms with Crippen molar-refractivity contribution in [3.63, 3.8) is 0 Å². The number of terminal acetylenes is 1. The summed E-state index contributed by atoms with van der Waals surface area (Å²) >= 11 is 0. The average molecular weight is 544 g/mol. The molecular formula is C26H30FN5O7. The number of carbonyl (C=O) groups is 3. The number of ether oxygens (including phenoxy) is 3. The number of rotatable bonds is 9. The molecule has 1 aliphatic heterocycles. The number of cyclic esters (lactones) is 1. The van der Waals surface area contributed by atoms with E-state index in [1.54, 1.807) is 0 Å². The Kier molecular flexibility index (Phi) is 7.26. The number of anilines is 1. The van der Waals surface area contributed by atoms with Gasteiger partial charge in [-0.15, -0.1) is 6.42 Å². The highest BCUT2D eigenvalue weighted by atomic mass is 19.1. The number of nitrogens with one attached hydrogen (secondary N) is 1. The second-order valence-electron chi connectivity index (χ2n) is 10.5. The lowest BCUT2D eigenvalue weighted by molar-refractivity contribution is -0.174. The fraction of sp³-hybridized carbons (Fsp3) is 0.615. The van der Waals surface area contributed by atoms with Crippen LogP contribution in [0.25, 0.3) is 11.2 Å². The Balaban J connectivity index is 1.31. The second-order valence-corrected chi connectivity index (χ2v) is 10.5. The van der Waals surface area contributed by atoms with Crippen molar-refractivity contribution in [2.24, 2.45) is 11.3 Å². The maximum absolute atomic E-state index is 14.3. The third-order valence-corrected chi connectivity index (χ3v) is 8.32. The molecule has 1 amide bonds. The van der Waals surface area contributed by atoms with Crippen LogP contribution in [0.1, 0.15) is 51.4 Å². The van der Waals surface area contributed by atoms with Crippen LogP contribution in [0, 0.1) is 29.8 Å². The van der Waals surface area contributed by atoms with Gasteiger partial charge in [0.05, 0.1) is 18.3 Å². The largest absolute Gasteiger partial charge is 0.461 e. The molecule has 0 radical (unpaired) electrons. The molecule has 39 heavy (non-hydrogen) atoms. The molecule has 0 aromatic carbocycles. The SMILES string of the molecule is C#CC(COC(=O)C12CCC(CC1)CC2)(OC)[C@@H](O)Cn1cnc2c(NC(=O)[C@H]3CCC(=O)O3)nc(F)nc21.